The first-order chi connectivity index (χ1) is 27.9. The average Bonchev–Trinajstić information content (AvgIpc) is 3.57. The van der Waals surface area contributed by atoms with Crippen LogP contribution in [0.15, 0.2) is 164 Å². The molecule has 2 aromatic heterocycles. The molecule has 2 heterocycles. The Labute approximate surface area is 326 Å². The topological polar surface area (TPSA) is 43.6 Å². The molecule has 4 nitrogen and oxygen atoms in total. The van der Waals surface area contributed by atoms with E-state index in [0.717, 1.165) is 17.2 Å². The van der Waals surface area contributed by atoms with Crippen LogP contribution in [-0.4, -0.2) is 19.5 Å². The summed E-state index contributed by atoms with van der Waals surface area (Å²) in [5.74, 6) is 0.697. The van der Waals surface area contributed by atoms with Gasteiger partial charge in [-0.25, -0.2) is 19.3 Å². The van der Waals surface area contributed by atoms with Gasteiger partial charge in [0.15, 0.2) is 17.5 Å². The molecule has 9 aromatic rings. The number of benzene rings is 7. The van der Waals surface area contributed by atoms with E-state index in [9.17, 15) is 26.3 Å². The Morgan fingerprint density at radius 1 is 0.397 bits per heavy atom. The van der Waals surface area contributed by atoms with Crippen molar-refractivity contribution in [2.45, 2.75) is 12.4 Å². The molecule has 0 aliphatic carbocycles. The van der Waals surface area contributed by atoms with Crippen molar-refractivity contribution < 1.29 is 30.7 Å². The molecular weight excluding hydrogens is 754 g/mol. The number of fused-ring (bicyclic) bond motifs is 3. The van der Waals surface area contributed by atoms with Crippen LogP contribution in [-0.2, 0) is 12.4 Å². The van der Waals surface area contributed by atoms with Crippen LogP contribution in [0.2, 0.25) is 0 Å². The van der Waals surface area contributed by atoms with E-state index in [1.165, 1.54) is 12.1 Å². The third-order valence-electron chi connectivity index (χ3n) is 10.00. The number of nitrogens with zero attached hydrogens (tertiary/aromatic N) is 4. The van der Waals surface area contributed by atoms with E-state index in [-0.39, 0.29) is 11.6 Å². The summed E-state index contributed by atoms with van der Waals surface area (Å²) in [5.41, 5.74) is 1.57. The second kappa shape index (κ2) is 14.1. The minimum Gasteiger partial charge on any atom is -0.308 e. The normalized spacial score (nSPS) is 12.1. The highest BCUT2D eigenvalue weighted by atomic mass is 19.4. The molecular formula is C47H27F7N4. The highest BCUT2D eigenvalue weighted by molar-refractivity contribution is 6.11. The Morgan fingerprint density at radius 3 is 1.60 bits per heavy atom. The van der Waals surface area contributed by atoms with Crippen LogP contribution >= 0.6 is 0 Å². The summed E-state index contributed by atoms with van der Waals surface area (Å²) in [6.45, 7) is 0. The Bertz CT molecular complexity index is 2930. The summed E-state index contributed by atoms with van der Waals surface area (Å²) >= 11 is 0. The fourth-order valence-electron chi connectivity index (χ4n) is 7.30. The first kappa shape index (κ1) is 36.5. The molecule has 11 heteroatoms. The van der Waals surface area contributed by atoms with Crippen molar-refractivity contribution in [3.63, 3.8) is 0 Å². The van der Waals surface area contributed by atoms with Gasteiger partial charge in [0.05, 0.1) is 27.8 Å². The van der Waals surface area contributed by atoms with Gasteiger partial charge in [-0.3, -0.25) is 0 Å². The Balaban J connectivity index is 1.32. The fourth-order valence-corrected chi connectivity index (χ4v) is 7.30. The van der Waals surface area contributed by atoms with Crippen LogP contribution in [0.5, 0.6) is 0 Å². The molecule has 58 heavy (non-hydrogen) atoms. The van der Waals surface area contributed by atoms with Gasteiger partial charge in [-0.2, -0.15) is 26.3 Å². The SMILES string of the molecule is Fc1ccccc1-c1ccc(-c2nc(-c3ccccc3)nc(-c3ccccc3)n2)c(-n2c3ccccc3c3cc(-c4ccc(C(F)(F)F)cc4C(F)(F)F)ccc32)c1. The summed E-state index contributed by atoms with van der Waals surface area (Å²) in [6, 6.07) is 44.2. The zero-order valence-corrected chi connectivity index (χ0v) is 30.0. The third-order valence-corrected chi connectivity index (χ3v) is 10.00. The minimum absolute atomic E-state index is 0.0780. The quantitative estimate of drug-likeness (QED) is 0.158. The molecule has 284 valence electrons. The number of para-hydroxylation sites is 1. The van der Waals surface area contributed by atoms with Crippen LogP contribution in [0.4, 0.5) is 30.7 Å². The molecule has 0 amide bonds. The Kier molecular flexibility index (Phi) is 8.88. The zero-order valence-electron chi connectivity index (χ0n) is 30.0. The van der Waals surface area contributed by atoms with Gasteiger partial charge in [-0.05, 0) is 65.2 Å². The van der Waals surface area contributed by atoms with Crippen molar-refractivity contribution >= 4 is 21.8 Å². The summed E-state index contributed by atoms with van der Waals surface area (Å²) < 4.78 is 101. The molecule has 0 aliphatic heterocycles. The van der Waals surface area contributed by atoms with E-state index in [4.69, 9.17) is 15.0 Å². The van der Waals surface area contributed by atoms with Crippen LogP contribution in [0.3, 0.4) is 0 Å². The molecule has 0 bridgehead atoms. The number of rotatable bonds is 6. The van der Waals surface area contributed by atoms with Crippen molar-refractivity contribution in [1.82, 2.24) is 19.5 Å². The molecule has 0 fully saturated rings. The molecule has 0 aliphatic rings. The lowest BCUT2D eigenvalue weighted by Crippen LogP contribution is -2.12. The van der Waals surface area contributed by atoms with Gasteiger partial charge < -0.3 is 4.57 Å². The summed E-state index contributed by atoms with van der Waals surface area (Å²) in [4.78, 5) is 14.8. The van der Waals surface area contributed by atoms with Crippen LogP contribution in [0, 0.1) is 5.82 Å². The third kappa shape index (κ3) is 6.64. The maximum atomic E-state index is 15.4. The van der Waals surface area contributed by atoms with Crippen molar-refractivity contribution in [2.24, 2.45) is 0 Å². The summed E-state index contributed by atoms with van der Waals surface area (Å²) in [7, 11) is 0. The van der Waals surface area contributed by atoms with E-state index in [1.807, 2.05) is 95.6 Å². The lowest BCUT2D eigenvalue weighted by molar-refractivity contribution is -0.142. The van der Waals surface area contributed by atoms with E-state index < -0.39 is 34.9 Å². The maximum absolute atomic E-state index is 15.4. The van der Waals surface area contributed by atoms with Gasteiger partial charge >= 0.3 is 12.4 Å². The number of halogens is 7. The molecule has 0 saturated carbocycles. The molecule has 0 N–H and O–H groups in total. The molecule has 0 saturated heterocycles. The molecule has 0 radical (unpaired) electrons. The number of alkyl halides is 6. The van der Waals surface area contributed by atoms with Crippen molar-refractivity contribution in [3.05, 3.63) is 181 Å². The van der Waals surface area contributed by atoms with Crippen molar-refractivity contribution in [3.8, 4) is 62.1 Å². The molecule has 0 atom stereocenters. The standard InChI is InChI=1S/C47H27F7N4/c48-39-17-9-7-15-34(39)31-19-22-36(45-56-43(28-11-3-1-4-12-28)55-44(57-45)29-13-5-2-6-14-29)42(26-31)58-40-18-10-8-16-35(40)37-25-30(20-24-41(37)58)33-23-21-32(46(49,50)51)27-38(33)47(52,53)54/h1-27H. The summed E-state index contributed by atoms with van der Waals surface area (Å²) in [5, 5.41) is 1.20. The zero-order chi connectivity index (χ0) is 40.2. The maximum Gasteiger partial charge on any atom is 0.417 e. The average molecular weight is 781 g/mol. The van der Waals surface area contributed by atoms with Gasteiger partial charge in [-0.1, -0.05) is 115 Å². The first-order valence-electron chi connectivity index (χ1n) is 18.0. The molecule has 0 spiro atoms. The van der Waals surface area contributed by atoms with E-state index in [2.05, 4.69) is 0 Å². The van der Waals surface area contributed by atoms with Gasteiger partial charge in [0.1, 0.15) is 5.82 Å². The Morgan fingerprint density at radius 2 is 0.948 bits per heavy atom. The molecule has 0 unspecified atom stereocenters. The van der Waals surface area contributed by atoms with Crippen LogP contribution in [0.1, 0.15) is 11.1 Å². The number of aromatic nitrogens is 4. The number of hydrogen-bond acceptors (Lipinski definition) is 3. The van der Waals surface area contributed by atoms with E-state index in [0.29, 0.717) is 67.7 Å². The van der Waals surface area contributed by atoms with Gasteiger partial charge in [0, 0.05) is 33.0 Å². The smallest absolute Gasteiger partial charge is 0.308 e. The highest BCUT2D eigenvalue weighted by Crippen LogP contribution is 2.44. The summed E-state index contributed by atoms with van der Waals surface area (Å²) in [6.07, 6.45) is -10.0. The highest BCUT2D eigenvalue weighted by Gasteiger charge is 2.38. The van der Waals surface area contributed by atoms with Crippen molar-refractivity contribution in [2.75, 3.05) is 0 Å². The molecule has 9 rings (SSSR count). The number of hydrogen-bond donors (Lipinski definition) is 0. The first-order valence-corrected chi connectivity index (χ1v) is 18.0. The van der Waals surface area contributed by atoms with Gasteiger partial charge in [-0.15, -0.1) is 0 Å². The van der Waals surface area contributed by atoms with E-state index >= 15 is 4.39 Å². The van der Waals surface area contributed by atoms with Crippen molar-refractivity contribution in [1.29, 1.82) is 0 Å². The second-order valence-corrected chi connectivity index (χ2v) is 13.6. The van der Waals surface area contributed by atoms with E-state index in [1.54, 1.807) is 42.5 Å². The van der Waals surface area contributed by atoms with Gasteiger partial charge in [0.2, 0.25) is 0 Å². The van der Waals surface area contributed by atoms with Crippen LogP contribution < -0.4 is 0 Å². The molecule has 7 aromatic carbocycles. The Hall–Kier alpha value is -7.14. The van der Waals surface area contributed by atoms with Crippen LogP contribution in [0.25, 0.3) is 83.9 Å². The second-order valence-electron chi connectivity index (χ2n) is 13.6. The lowest BCUT2D eigenvalue weighted by atomic mass is 9.95. The monoisotopic (exact) mass is 780 g/mol. The predicted molar refractivity (Wildman–Crippen MR) is 211 cm³/mol. The largest absolute Gasteiger partial charge is 0.417 e. The minimum atomic E-state index is -5.07. The predicted octanol–water partition coefficient (Wildman–Crippen LogP) is 13.5. The fraction of sp³-hybridized carbons (Fsp3) is 0.0426. The van der Waals surface area contributed by atoms with Gasteiger partial charge in [0.25, 0.3) is 0 Å². The lowest BCUT2D eigenvalue weighted by Gasteiger charge is -2.17.